The first-order valence-electron chi connectivity index (χ1n) is 5.37. The van der Waals surface area contributed by atoms with Crippen LogP contribution in [-0.2, 0) is 11.2 Å². The number of carboxylic acids is 1. The average molecular weight is 261 g/mol. The van der Waals surface area contributed by atoms with E-state index in [9.17, 15) is 9.59 Å². The summed E-state index contributed by atoms with van der Waals surface area (Å²) < 4.78 is 5.07. The predicted octanol–water partition coefficient (Wildman–Crippen LogP) is 1.14. The third kappa shape index (κ3) is 3.32. The zero-order chi connectivity index (χ0) is 13.8. The molecule has 98 valence electrons. The molecule has 0 spiro atoms. The topological polar surface area (TPSA) is 118 Å². The summed E-state index contributed by atoms with van der Waals surface area (Å²) in [5.74, 6) is -1.49. The molecule has 2 rings (SSSR count). The zero-order valence-corrected chi connectivity index (χ0v) is 9.79. The Morgan fingerprint density at radius 3 is 2.58 bits per heavy atom. The van der Waals surface area contributed by atoms with Crippen molar-refractivity contribution in [2.45, 2.75) is 6.42 Å². The van der Waals surface area contributed by atoms with Crippen LogP contribution in [0.2, 0.25) is 0 Å². The molecule has 0 saturated carbocycles. The Balaban J connectivity index is 2.06. The van der Waals surface area contributed by atoms with E-state index in [0.717, 1.165) is 0 Å². The van der Waals surface area contributed by atoms with E-state index in [-0.39, 0.29) is 12.4 Å². The molecule has 1 amide bonds. The number of aliphatic carboxylic acids is 1. The van der Waals surface area contributed by atoms with Crippen molar-refractivity contribution in [1.29, 1.82) is 0 Å². The molecule has 1 aromatic carbocycles. The van der Waals surface area contributed by atoms with Crippen molar-refractivity contribution < 1.29 is 19.1 Å². The third-order valence-electron chi connectivity index (χ3n) is 2.30. The first-order chi connectivity index (χ1) is 9.04. The van der Waals surface area contributed by atoms with Crippen molar-refractivity contribution in [3.8, 4) is 0 Å². The van der Waals surface area contributed by atoms with Crippen LogP contribution in [0.4, 0.5) is 11.7 Å². The highest BCUT2D eigenvalue weighted by Gasteiger charge is 2.08. The first kappa shape index (κ1) is 12.6. The maximum absolute atomic E-state index is 10.9. The average Bonchev–Trinajstić information content (AvgIpc) is 2.76. The number of oxazole rings is 1. The van der Waals surface area contributed by atoms with Gasteiger partial charge in [-0.1, -0.05) is 0 Å². The minimum Gasteiger partial charge on any atom is -0.481 e. The molecule has 19 heavy (non-hydrogen) atoms. The van der Waals surface area contributed by atoms with Gasteiger partial charge >= 0.3 is 5.97 Å². The van der Waals surface area contributed by atoms with Crippen LogP contribution in [0.25, 0.3) is 0 Å². The Morgan fingerprint density at radius 1 is 1.32 bits per heavy atom. The summed E-state index contributed by atoms with van der Waals surface area (Å²) in [5.41, 5.74) is 6.48. The fourth-order valence-electron chi connectivity index (χ4n) is 1.44. The molecule has 0 saturated heterocycles. The van der Waals surface area contributed by atoms with Crippen LogP contribution < -0.4 is 11.1 Å². The van der Waals surface area contributed by atoms with E-state index in [2.05, 4.69) is 10.3 Å². The summed E-state index contributed by atoms with van der Waals surface area (Å²) >= 11 is 0. The molecule has 0 aliphatic carbocycles. The van der Waals surface area contributed by atoms with Crippen molar-refractivity contribution in [2.24, 2.45) is 5.73 Å². The maximum atomic E-state index is 10.9. The quantitative estimate of drug-likeness (QED) is 0.742. The fourth-order valence-corrected chi connectivity index (χ4v) is 1.44. The van der Waals surface area contributed by atoms with Crippen LogP contribution in [0.15, 0.2) is 34.9 Å². The molecule has 0 radical (unpaired) electrons. The largest absolute Gasteiger partial charge is 0.481 e. The van der Waals surface area contributed by atoms with Gasteiger partial charge in [0, 0.05) is 11.3 Å². The van der Waals surface area contributed by atoms with Crippen molar-refractivity contribution in [2.75, 3.05) is 5.32 Å². The summed E-state index contributed by atoms with van der Waals surface area (Å²) in [6.45, 7) is 0. The number of hydrogen-bond donors (Lipinski definition) is 3. The minimum absolute atomic E-state index is 0.183. The number of carbonyl (C=O) groups excluding carboxylic acids is 1. The lowest BCUT2D eigenvalue weighted by atomic mass is 10.2. The van der Waals surface area contributed by atoms with E-state index in [0.29, 0.717) is 16.9 Å². The number of amides is 1. The highest BCUT2D eigenvalue weighted by Crippen LogP contribution is 2.16. The SMILES string of the molecule is NC(=O)c1ccc(Nc2nc(CC(=O)O)co2)cc1. The standard InChI is InChI=1S/C12H11N3O4/c13-11(18)7-1-3-8(4-2-7)14-12-15-9(6-19-12)5-10(16)17/h1-4,6H,5H2,(H2,13,18)(H,14,15)(H,16,17). The van der Waals surface area contributed by atoms with Crippen molar-refractivity contribution >= 4 is 23.6 Å². The van der Waals surface area contributed by atoms with Gasteiger partial charge in [-0.05, 0) is 24.3 Å². The molecular weight excluding hydrogens is 250 g/mol. The van der Waals surface area contributed by atoms with Crippen molar-refractivity contribution in [3.05, 3.63) is 41.8 Å². The molecule has 0 atom stereocenters. The van der Waals surface area contributed by atoms with Crippen LogP contribution >= 0.6 is 0 Å². The number of primary amides is 1. The monoisotopic (exact) mass is 261 g/mol. The highest BCUT2D eigenvalue weighted by atomic mass is 16.4. The molecule has 0 bridgehead atoms. The lowest BCUT2D eigenvalue weighted by Gasteiger charge is -2.01. The van der Waals surface area contributed by atoms with Crippen LogP contribution in [0.1, 0.15) is 16.1 Å². The lowest BCUT2D eigenvalue weighted by Crippen LogP contribution is -2.10. The molecule has 7 nitrogen and oxygen atoms in total. The van der Waals surface area contributed by atoms with Crippen LogP contribution in [0, 0.1) is 0 Å². The van der Waals surface area contributed by atoms with Crippen LogP contribution in [0.3, 0.4) is 0 Å². The number of hydrogen-bond acceptors (Lipinski definition) is 5. The molecule has 7 heteroatoms. The number of carbonyl (C=O) groups is 2. The van der Waals surface area contributed by atoms with Crippen LogP contribution in [0.5, 0.6) is 0 Å². The number of carboxylic acid groups (broad SMARTS) is 1. The fraction of sp³-hybridized carbons (Fsp3) is 0.0833. The first-order valence-corrected chi connectivity index (χ1v) is 5.37. The molecule has 2 aromatic rings. The lowest BCUT2D eigenvalue weighted by molar-refractivity contribution is -0.136. The summed E-state index contributed by atoms with van der Waals surface area (Å²) in [6, 6.07) is 6.59. The Kier molecular flexibility index (Phi) is 3.46. The number of nitrogens with zero attached hydrogens (tertiary/aromatic N) is 1. The Labute approximate surface area is 108 Å². The summed E-state index contributed by atoms with van der Waals surface area (Å²) in [7, 11) is 0. The summed E-state index contributed by atoms with van der Waals surface area (Å²) in [5, 5.41) is 11.4. The van der Waals surface area contributed by atoms with Gasteiger partial charge in [0.15, 0.2) is 0 Å². The van der Waals surface area contributed by atoms with Gasteiger partial charge < -0.3 is 20.6 Å². The molecule has 0 aliphatic rings. The highest BCUT2D eigenvalue weighted by molar-refractivity contribution is 5.93. The number of rotatable bonds is 5. The molecule has 1 heterocycles. The van der Waals surface area contributed by atoms with Crippen molar-refractivity contribution in [1.82, 2.24) is 4.98 Å². The van der Waals surface area contributed by atoms with E-state index in [1.54, 1.807) is 24.3 Å². The smallest absolute Gasteiger partial charge is 0.309 e. The van der Waals surface area contributed by atoms with Gasteiger partial charge in [0.1, 0.15) is 6.26 Å². The molecule has 0 unspecified atom stereocenters. The maximum Gasteiger partial charge on any atom is 0.309 e. The normalized spacial score (nSPS) is 10.1. The Morgan fingerprint density at radius 2 is 2.00 bits per heavy atom. The Bertz CT molecular complexity index is 604. The minimum atomic E-state index is -0.981. The number of nitrogens with two attached hydrogens (primary N) is 1. The van der Waals surface area contributed by atoms with E-state index >= 15 is 0 Å². The van der Waals surface area contributed by atoms with Gasteiger partial charge in [-0.25, -0.2) is 0 Å². The van der Waals surface area contributed by atoms with Gasteiger partial charge in [-0.3, -0.25) is 9.59 Å². The zero-order valence-electron chi connectivity index (χ0n) is 9.79. The second-order valence-electron chi connectivity index (χ2n) is 3.78. The number of benzene rings is 1. The van der Waals surface area contributed by atoms with Gasteiger partial charge in [-0.15, -0.1) is 0 Å². The van der Waals surface area contributed by atoms with Gasteiger partial charge in [0.25, 0.3) is 6.01 Å². The van der Waals surface area contributed by atoms with Crippen molar-refractivity contribution in [3.63, 3.8) is 0 Å². The second-order valence-corrected chi connectivity index (χ2v) is 3.78. The molecule has 1 aromatic heterocycles. The summed E-state index contributed by atoms with van der Waals surface area (Å²) in [6.07, 6.45) is 1.07. The van der Waals surface area contributed by atoms with E-state index in [1.807, 2.05) is 0 Å². The van der Waals surface area contributed by atoms with Gasteiger partial charge in [0.05, 0.1) is 12.1 Å². The molecular formula is C12H11N3O4. The van der Waals surface area contributed by atoms with Gasteiger partial charge in [0.2, 0.25) is 5.91 Å². The number of aromatic nitrogens is 1. The molecule has 0 fully saturated rings. The summed E-state index contributed by atoms with van der Waals surface area (Å²) in [4.78, 5) is 25.3. The molecule has 4 N–H and O–H groups in total. The van der Waals surface area contributed by atoms with E-state index in [4.69, 9.17) is 15.3 Å². The van der Waals surface area contributed by atoms with E-state index < -0.39 is 11.9 Å². The third-order valence-corrected chi connectivity index (χ3v) is 2.30. The number of anilines is 2. The number of nitrogens with one attached hydrogen (secondary N) is 1. The second kappa shape index (κ2) is 5.21. The Hall–Kier alpha value is -2.83. The van der Waals surface area contributed by atoms with E-state index in [1.165, 1.54) is 6.26 Å². The molecule has 0 aliphatic heterocycles. The van der Waals surface area contributed by atoms with Gasteiger partial charge in [-0.2, -0.15) is 4.98 Å². The predicted molar refractivity (Wildman–Crippen MR) is 66.1 cm³/mol. The van der Waals surface area contributed by atoms with Crippen LogP contribution in [-0.4, -0.2) is 22.0 Å².